The third-order valence-electron chi connectivity index (χ3n) is 1.46. The van der Waals surface area contributed by atoms with Gasteiger partial charge in [0, 0.05) is 4.83 Å². The van der Waals surface area contributed by atoms with Gasteiger partial charge in [0.1, 0.15) is 0 Å². The fourth-order valence-corrected chi connectivity index (χ4v) is 1.18. The smallest absolute Gasteiger partial charge is 1.00 e. The normalized spacial score (nSPS) is 12.3. The largest absolute Gasteiger partial charge is 2.00 e. The zero-order valence-corrected chi connectivity index (χ0v) is 10.2. The summed E-state index contributed by atoms with van der Waals surface area (Å²) in [5.74, 6) is 0. The number of halogens is 1. The minimum absolute atomic E-state index is 0. The number of rotatable bonds is 5. The third kappa shape index (κ3) is 12.0. The van der Waals surface area contributed by atoms with Crippen molar-refractivity contribution in [2.24, 2.45) is 0 Å². The molecule has 0 aromatic heterocycles. The van der Waals surface area contributed by atoms with Gasteiger partial charge in [0.05, 0.1) is 0 Å². The van der Waals surface area contributed by atoms with Crippen molar-refractivity contribution < 1.29 is 2.85 Å². The molecular formula is C8H19BrMg. The summed E-state index contributed by atoms with van der Waals surface area (Å²) in [7, 11) is 0. The Balaban J connectivity index is -0.000000107. The van der Waals surface area contributed by atoms with Crippen LogP contribution >= 0.6 is 15.9 Å². The van der Waals surface area contributed by atoms with Crippen LogP contribution in [0.25, 0.3) is 0 Å². The van der Waals surface area contributed by atoms with Crippen molar-refractivity contribution in [3.63, 3.8) is 0 Å². The van der Waals surface area contributed by atoms with Gasteiger partial charge >= 0.3 is 23.1 Å². The van der Waals surface area contributed by atoms with Gasteiger partial charge < -0.3 is 2.85 Å². The molecule has 2 heteroatoms. The standard InChI is InChI=1S/C8H17Br.Mg.2H/c1-3-4-5-6-7-8(2)9;;;/h8H,3-7H2,1-2H3;;;/q;+2;2*-1. The summed E-state index contributed by atoms with van der Waals surface area (Å²) in [5, 5.41) is 0. The minimum atomic E-state index is 0. The summed E-state index contributed by atoms with van der Waals surface area (Å²) in [6, 6.07) is 0. The summed E-state index contributed by atoms with van der Waals surface area (Å²) in [4.78, 5) is 0.717. The van der Waals surface area contributed by atoms with Crippen molar-refractivity contribution in [1.29, 1.82) is 0 Å². The summed E-state index contributed by atoms with van der Waals surface area (Å²) >= 11 is 3.53. The van der Waals surface area contributed by atoms with Crippen molar-refractivity contribution in [3.8, 4) is 0 Å². The molecule has 0 N–H and O–H groups in total. The molecule has 0 aliphatic rings. The Morgan fingerprint density at radius 3 is 2.30 bits per heavy atom. The van der Waals surface area contributed by atoms with Crippen molar-refractivity contribution in [2.75, 3.05) is 0 Å². The quantitative estimate of drug-likeness (QED) is 0.377. The molecule has 0 saturated carbocycles. The summed E-state index contributed by atoms with van der Waals surface area (Å²) in [6.45, 7) is 4.46. The van der Waals surface area contributed by atoms with E-state index in [1.165, 1.54) is 32.1 Å². The molecule has 0 bridgehead atoms. The van der Waals surface area contributed by atoms with Gasteiger partial charge in [0.25, 0.3) is 0 Å². The molecule has 0 spiro atoms. The van der Waals surface area contributed by atoms with Gasteiger partial charge in [-0.2, -0.15) is 0 Å². The van der Waals surface area contributed by atoms with Crippen LogP contribution < -0.4 is 0 Å². The zero-order chi connectivity index (χ0) is 7.11. The molecule has 0 aliphatic carbocycles. The fraction of sp³-hybridized carbons (Fsp3) is 1.00. The average molecular weight is 219 g/mol. The van der Waals surface area contributed by atoms with Crippen LogP contribution in [0.4, 0.5) is 0 Å². The summed E-state index contributed by atoms with van der Waals surface area (Å²) in [6.07, 6.45) is 6.88. The van der Waals surface area contributed by atoms with Gasteiger partial charge in [0.2, 0.25) is 0 Å². The van der Waals surface area contributed by atoms with Crippen LogP contribution in [0.2, 0.25) is 0 Å². The van der Waals surface area contributed by atoms with E-state index < -0.39 is 0 Å². The molecule has 0 aliphatic heterocycles. The first-order chi connectivity index (χ1) is 4.27. The molecule has 0 heterocycles. The molecule has 0 aromatic carbocycles. The van der Waals surface area contributed by atoms with Crippen molar-refractivity contribution >= 4 is 39.0 Å². The van der Waals surface area contributed by atoms with Crippen LogP contribution in [0.3, 0.4) is 0 Å². The monoisotopic (exact) mass is 218 g/mol. The van der Waals surface area contributed by atoms with Crippen molar-refractivity contribution in [2.45, 2.75) is 50.8 Å². The van der Waals surface area contributed by atoms with Gasteiger partial charge in [-0.05, 0) is 6.42 Å². The Morgan fingerprint density at radius 2 is 1.90 bits per heavy atom. The third-order valence-corrected chi connectivity index (χ3v) is 1.91. The number of hydrogen-bond donors (Lipinski definition) is 0. The Labute approximate surface area is 92.4 Å². The van der Waals surface area contributed by atoms with E-state index in [0.717, 1.165) is 0 Å². The molecule has 10 heavy (non-hydrogen) atoms. The van der Waals surface area contributed by atoms with Crippen molar-refractivity contribution in [1.82, 2.24) is 0 Å². The summed E-state index contributed by atoms with van der Waals surface area (Å²) < 4.78 is 0. The van der Waals surface area contributed by atoms with Crippen LogP contribution in [0, 0.1) is 0 Å². The van der Waals surface area contributed by atoms with E-state index in [4.69, 9.17) is 0 Å². The second kappa shape index (κ2) is 10.2. The molecular weight excluding hydrogens is 200 g/mol. The van der Waals surface area contributed by atoms with Gasteiger partial charge in [-0.25, -0.2) is 0 Å². The van der Waals surface area contributed by atoms with E-state index in [2.05, 4.69) is 29.8 Å². The first kappa shape index (κ1) is 13.8. The van der Waals surface area contributed by atoms with E-state index in [1.807, 2.05) is 0 Å². The topological polar surface area (TPSA) is 0 Å². The number of hydrogen-bond acceptors (Lipinski definition) is 0. The van der Waals surface area contributed by atoms with E-state index in [9.17, 15) is 0 Å². The second-order valence-corrected chi connectivity index (χ2v) is 4.19. The van der Waals surface area contributed by atoms with Crippen LogP contribution in [0.5, 0.6) is 0 Å². The molecule has 0 nitrogen and oxygen atoms in total. The molecule has 1 atom stereocenters. The van der Waals surface area contributed by atoms with E-state index in [-0.39, 0.29) is 25.9 Å². The predicted molar refractivity (Wildman–Crippen MR) is 55.1 cm³/mol. The maximum Gasteiger partial charge on any atom is 2.00 e. The molecule has 0 aromatic rings. The Kier molecular flexibility index (Phi) is 14.2. The number of unbranched alkanes of at least 4 members (excludes halogenated alkanes) is 3. The van der Waals surface area contributed by atoms with Crippen molar-refractivity contribution in [3.05, 3.63) is 0 Å². The average Bonchev–Trinajstić information content (AvgIpc) is 1.80. The molecule has 0 rings (SSSR count). The first-order valence-electron chi connectivity index (χ1n) is 3.91. The van der Waals surface area contributed by atoms with Crippen LogP contribution in [0.15, 0.2) is 0 Å². The maximum absolute atomic E-state index is 3.53. The molecule has 60 valence electrons. The second-order valence-electron chi connectivity index (χ2n) is 2.63. The zero-order valence-electron chi connectivity index (χ0n) is 9.20. The molecule has 0 radical (unpaired) electrons. The van der Waals surface area contributed by atoms with Crippen LogP contribution in [-0.2, 0) is 0 Å². The van der Waals surface area contributed by atoms with E-state index >= 15 is 0 Å². The van der Waals surface area contributed by atoms with Gasteiger partial charge in [-0.15, -0.1) is 0 Å². The van der Waals surface area contributed by atoms with Gasteiger partial charge in [-0.3, -0.25) is 0 Å². The van der Waals surface area contributed by atoms with E-state index in [0.29, 0.717) is 4.83 Å². The van der Waals surface area contributed by atoms with Crippen LogP contribution in [-0.4, -0.2) is 27.9 Å². The first-order valence-corrected chi connectivity index (χ1v) is 4.83. The van der Waals surface area contributed by atoms with Gasteiger partial charge in [0.15, 0.2) is 0 Å². The van der Waals surface area contributed by atoms with Crippen LogP contribution in [0.1, 0.15) is 48.8 Å². The van der Waals surface area contributed by atoms with Gasteiger partial charge in [-0.1, -0.05) is 55.5 Å². The summed E-state index contributed by atoms with van der Waals surface area (Å²) in [5.41, 5.74) is 0. The molecule has 0 saturated heterocycles. The SMILES string of the molecule is CCCCCCC(C)Br.[H-].[H-].[Mg+2]. The molecule has 0 fully saturated rings. The maximum atomic E-state index is 3.53. The Hall–Kier alpha value is 1.25. The Bertz CT molecular complexity index is 63.0. The minimum Gasteiger partial charge on any atom is -1.00 e. The Morgan fingerprint density at radius 1 is 1.30 bits per heavy atom. The molecule has 1 unspecified atom stereocenters. The predicted octanol–water partition coefficient (Wildman–Crippen LogP) is 3.58. The number of alkyl halides is 1. The van der Waals surface area contributed by atoms with E-state index in [1.54, 1.807) is 0 Å². The molecule has 0 amide bonds. The fourth-order valence-electron chi connectivity index (χ4n) is 0.852.